The number of ether oxygens (including phenoxy) is 3. The lowest BCUT2D eigenvalue weighted by atomic mass is 9.46. The van der Waals surface area contributed by atoms with E-state index in [1.54, 1.807) is 11.6 Å². The number of carbonyl (C=O) groups is 1. The Bertz CT molecular complexity index is 984. The summed E-state index contributed by atoms with van der Waals surface area (Å²) in [5.74, 6) is 1.54. The summed E-state index contributed by atoms with van der Waals surface area (Å²) in [6.45, 7) is 5.21. The van der Waals surface area contributed by atoms with Gasteiger partial charge in [-0.15, -0.1) is 0 Å². The molecule has 4 aliphatic carbocycles. The highest BCUT2D eigenvalue weighted by atomic mass is 16.7. The molecule has 0 aromatic heterocycles. The van der Waals surface area contributed by atoms with Crippen molar-refractivity contribution in [1.29, 1.82) is 0 Å². The molecule has 0 amide bonds. The average molecular weight is 487 g/mol. The molecule has 0 aromatic rings. The van der Waals surface area contributed by atoms with Crippen LogP contribution in [0.1, 0.15) is 58.8 Å². The molecule has 0 spiro atoms. The van der Waals surface area contributed by atoms with Crippen molar-refractivity contribution < 1.29 is 34.3 Å². The molecule has 2 aliphatic heterocycles. The number of cyclic esters (lactones) is 1. The molecule has 3 saturated carbocycles. The van der Waals surface area contributed by atoms with Crippen LogP contribution >= 0.6 is 0 Å². The third kappa shape index (κ3) is 3.69. The summed E-state index contributed by atoms with van der Waals surface area (Å²) in [6.07, 6.45) is 9.35. The smallest absolute Gasteiger partial charge is 0.331 e. The fraction of sp³-hybridized carbons (Fsp3) is 0.750. The molecule has 2 heterocycles. The molecule has 35 heavy (non-hydrogen) atoms. The molecular formula is C28H38O7. The summed E-state index contributed by atoms with van der Waals surface area (Å²) in [6, 6.07) is 0. The van der Waals surface area contributed by atoms with E-state index in [0.717, 1.165) is 37.7 Å². The Balaban J connectivity index is 1.14. The van der Waals surface area contributed by atoms with Crippen LogP contribution in [0, 0.1) is 28.6 Å². The topological polar surface area (TPSA) is 105 Å². The van der Waals surface area contributed by atoms with Gasteiger partial charge in [-0.05, 0) is 73.7 Å². The molecule has 10 atom stereocenters. The first kappa shape index (κ1) is 23.9. The summed E-state index contributed by atoms with van der Waals surface area (Å²) in [4.78, 5) is 11.7. The third-order valence-corrected chi connectivity index (χ3v) is 10.4. The Labute approximate surface area is 206 Å². The Kier molecular flexibility index (Phi) is 5.81. The van der Waals surface area contributed by atoms with E-state index in [2.05, 4.69) is 26.0 Å². The highest BCUT2D eigenvalue weighted by Gasteiger charge is 2.57. The number of hydrogen-bond donors (Lipinski definition) is 3. The zero-order chi connectivity index (χ0) is 24.5. The van der Waals surface area contributed by atoms with Crippen molar-refractivity contribution in [3.05, 3.63) is 34.9 Å². The number of carbonyl (C=O) groups excluding carboxylic acids is 1. The third-order valence-electron chi connectivity index (χ3n) is 10.4. The molecule has 0 radical (unpaired) electrons. The van der Waals surface area contributed by atoms with Gasteiger partial charge in [-0.2, -0.15) is 0 Å². The number of hydrogen-bond acceptors (Lipinski definition) is 7. The van der Waals surface area contributed by atoms with E-state index in [1.807, 2.05) is 0 Å². The minimum absolute atomic E-state index is 0.00432. The van der Waals surface area contributed by atoms with E-state index in [1.165, 1.54) is 18.4 Å². The van der Waals surface area contributed by atoms with Crippen molar-refractivity contribution in [2.24, 2.45) is 28.6 Å². The fourth-order valence-electron chi connectivity index (χ4n) is 8.42. The van der Waals surface area contributed by atoms with E-state index in [0.29, 0.717) is 24.4 Å². The summed E-state index contributed by atoms with van der Waals surface area (Å²) < 4.78 is 16.9. The van der Waals surface area contributed by atoms with Gasteiger partial charge < -0.3 is 29.5 Å². The number of aliphatic hydroxyl groups is 3. The molecule has 6 aliphatic rings. The van der Waals surface area contributed by atoms with Crippen LogP contribution in [0.2, 0.25) is 0 Å². The Morgan fingerprint density at radius 1 is 1.03 bits per heavy atom. The number of allylic oxidation sites excluding steroid dienone is 3. The molecule has 0 unspecified atom stereocenters. The first-order valence-electron chi connectivity index (χ1n) is 13.3. The predicted molar refractivity (Wildman–Crippen MR) is 127 cm³/mol. The molecule has 1 saturated heterocycles. The van der Waals surface area contributed by atoms with Crippen molar-refractivity contribution in [3.8, 4) is 0 Å². The second kappa shape index (κ2) is 8.52. The SMILES string of the molecule is C[C@]12CC[C@H]3[C@@H](CC[C@@H]4C[C@@H](O[C@@H]5OC[C@@H](O)[C@H](O)[C@H]5O)CC[C@@]43C)C1=CC=C2C1=CC(=O)OC1. The standard InChI is InChI=1S/C28H38O7/c1-27-9-7-17(35-26-25(32)24(31)22(29)14-34-26)12-16(27)3-4-18-20-6-5-19(15-11-23(30)33-13-15)28(20,2)10-8-21(18)27/h5-6,11,16-18,21-22,24-26,29,31-32H,3-4,7-10,12-14H2,1-2H3/t16-,17+,18+,21+,22-,24+,25-,26+,27+,28-/m1/s1. The number of rotatable bonds is 3. The van der Waals surface area contributed by atoms with Gasteiger partial charge in [0.1, 0.15) is 24.9 Å². The number of fused-ring (bicyclic) bond motifs is 5. The largest absolute Gasteiger partial charge is 0.458 e. The van der Waals surface area contributed by atoms with Gasteiger partial charge in [0.25, 0.3) is 0 Å². The van der Waals surface area contributed by atoms with Gasteiger partial charge in [-0.3, -0.25) is 0 Å². The van der Waals surface area contributed by atoms with E-state index in [-0.39, 0.29) is 29.5 Å². The van der Waals surface area contributed by atoms with Gasteiger partial charge in [0.05, 0.1) is 12.7 Å². The first-order chi connectivity index (χ1) is 16.7. The van der Waals surface area contributed by atoms with Crippen LogP contribution in [0.5, 0.6) is 0 Å². The fourth-order valence-corrected chi connectivity index (χ4v) is 8.42. The van der Waals surface area contributed by atoms with Crippen molar-refractivity contribution in [2.75, 3.05) is 13.2 Å². The zero-order valence-electron chi connectivity index (χ0n) is 20.7. The van der Waals surface area contributed by atoms with Crippen LogP contribution in [0.25, 0.3) is 0 Å². The average Bonchev–Trinajstić information content (AvgIpc) is 3.42. The normalized spacial score (nSPS) is 49.3. The van der Waals surface area contributed by atoms with Gasteiger partial charge >= 0.3 is 5.97 Å². The number of aliphatic hydroxyl groups excluding tert-OH is 3. The summed E-state index contributed by atoms with van der Waals surface area (Å²) in [7, 11) is 0. The molecule has 192 valence electrons. The van der Waals surface area contributed by atoms with Crippen molar-refractivity contribution >= 4 is 5.97 Å². The lowest BCUT2D eigenvalue weighted by Crippen LogP contribution is -2.56. The van der Waals surface area contributed by atoms with Crippen LogP contribution in [0.4, 0.5) is 0 Å². The maximum Gasteiger partial charge on any atom is 0.331 e. The van der Waals surface area contributed by atoms with E-state index >= 15 is 0 Å². The van der Waals surface area contributed by atoms with Crippen LogP contribution in [-0.4, -0.2) is 65.2 Å². The maximum atomic E-state index is 11.7. The Hall–Kier alpha value is -1.51. The first-order valence-corrected chi connectivity index (χ1v) is 13.3. The Morgan fingerprint density at radius 3 is 2.63 bits per heavy atom. The molecule has 4 fully saturated rings. The maximum absolute atomic E-state index is 11.7. The van der Waals surface area contributed by atoms with Gasteiger partial charge in [0, 0.05) is 17.1 Å². The van der Waals surface area contributed by atoms with Crippen molar-refractivity contribution in [2.45, 2.75) is 89.5 Å². The summed E-state index contributed by atoms with van der Waals surface area (Å²) in [5.41, 5.74) is 4.13. The van der Waals surface area contributed by atoms with Crippen LogP contribution in [0.15, 0.2) is 34.9 Å². The Morgan fingerprint density at radius 2 is 1.86 bits per heavy atom. The quantitative estimate of drug-likeness (QED) is 0.416. The minimum atomic E-state index is -1.24. The molecule has 7 nitrogen and oxygen atoms in total. The second-order valence-corrected chi connectivity index (χ2v) is 12.1. The minimum Gasteiger partial charge on any atom is -0.458 e. The highest BCUT2D eigenvalue weighted by Crippen LogP contribution is 2.65. The monoisotopic (exact) mass is 486 g/mol. The van der Waals surface area contributed by atoms with Crippen molar-refractivity contribution in [3.63, 3.8) is 0 Å². The van der Waals surface area contributed by atoms with Crippen LogP contribution in [0.3, 0.4) is 0 Å². The number of esters is 1. The molecule has 0 aromatic carbocycles. The van der Waals surface area contributed by atoms with E-state index in [9.17, 15) is 20.1 Å². The molecule has 3 N–H and O–H groups in total. The second-order valence-electron chi connectivity index (χ2n) is 12.1. The summed E-state index contributed by atoms with van der Waals surface area (Å²) in [5, 5.41) is 30.0. The molecule has 7 heteroatoms. The predicted octanol–water partition coefficient (Wildman–Crippen LogP) is 2.79. The summed E-state index contributed by atoms with van der Waals surface area (Å²) >= 11 is 0. The van der Waals surface area contributed by atoms with Gasteiger partial charge in [-0.1, -0.05) is 31.6 Å². The van der Waals surface area contributed by atoms with E-state index in [4.69, 9.17) is 14.2 Å². The zero-order valence-corrected chi connectivity index (χ0v) is 20.7. The van der Waals surface area contributed by atoms with Gasteiger partial charge in [-0.25, -0.2) is 4.79 Å². The molecular weight excluding hydrogens is 448 g/mol. The lowest BCUT2D eigenvalue weighted by Gasteiger charge is -2.59. The van der Waals surface area contributed by atoms with E-state index < -0.39 is 24.6 Å². The van der Waals surface area contributed by atoms with Crippen LogP contribution in [-0.2, 0) is 19.0 Å². The molecule has 0 bridgehead atoms. The van der Waals surface area contributed by atoms with Crippen LogP contribution < -0.4 is 0 Å². The van der Waals surface area contributed by atoms with Gasteiger partial charge in [0.2, 0.25) is 0 Å². The van der Waals surface area contributed by atoms with Crippen molar-refractivity contribution in [1.82, 2.24) is 0 Å². The highest BCUT2D eigenvalue weighted by molar-refractivity contribution is 5.87. The lowest BCUT2D eigenvalue weighted by molar-refractivity contribution is -0.289. The van der Waals surface area contributed by atoms with Gasteiger partial charge in [0.15, 0.2) is 6.29 Å². The molecule has 6 rings (SSSR count).